The van der Waals surface area contributed by atoms with Gasteiger partial charge < -0.3 is 24.3 Å². The van der Waals surface area contributed by atoms with Crippen molar-refractivity contribution in [3.63, 3.8) is 0 Å². The zero-order chi connectivity index (χ0) is 25.0. The van der Waals surface area contributed by atoms with Crippen molar-refractivity contribution in [2.45, 2.75) is 17.9 Å². The number of carbonyl (C=O) groups excluding carboxylic acids is 2. The first-order valence-corrected chi connectivity index (χ1v) is 11.9. The summed E-state index contributed by atoms with van der Waals surface area (Å²) >= 11 is 0. The van der Waals surface area contributed by atoms with E-state index in [9.17, 15) is 18.0 Å². The lowest BCUT2D eigenvalue weighted by Gasteiger charge is -2.14. The minimum Gasteiger partial charge on any atom is -0.497 e. The zero-order valence-corrected chi connectivity index (χ0v) is 19.6. The zero-order valence-electron chi connectivity index (χ0n) is 18.8. The molecule has 1 atom stereocenters. The Labute approximate surface area is 201 Å². The van der Waals surface area contributed by atoms with Crippen LogP contribution in [0.15, 0.2) is 71.6 Å². The number of fused-ring (bicyclic) bond motifs is 1. The lowest BCUT2D eigenvalue weighted by molar-refractivity contribution is -0.123. The summed E-state index contributed by atoms with van der Waals surface area (Å²) in [5.41, 5.74) is 0.748. The molecular weight excluding hydrogens is 476 g/mol. The number of nitrogens with one attached hydrogen (secondary N) is 2. The largest absolute Gasteiger partial charge is 0.497 e. The van der Waals surface area contributed by atoms with Crippen molar-refractivity contribution < 1.29 is 37.0 Å². The fourth-order valence-electron chi connectivity index (χ4n) is 3.16. The third-order valence-corrected chi connectivity index (χ3v) is 6.39. The monoisotopic (exact) mass is 498 g/mol. The minimum atomic E-state index is -3.98. The maximum atomic E-state index is 12.8. The molecule has 0 radical (unpaired) electrons. The Morgan fingerprint density at radius 2 is 1.66 bits per heavy atom. The second kappa shape index (κ2) is 9.94. The summed E-state index contributed by atoms with van der Waals surface area (Å²) in [6.07, 6.45) is -1.15. The van der Waals surface area contributed by atoms with E-state index in [1.165, 1.54) is 38.3 Å². The molecule has 1 heterocycles. The summed E-state index contributed by atoms with van der Waals surface area (Å²) < 4.78 is 48.8. The van der Waals surface area contributed by atoms with Gasteiger partial charge in [0.1, 0.15) is 5.75 Å². The normalized spacial score (nSPS) is 13.0. The summed E-state index contributed by atoms with van der Waals surface area (Å²) in [6, 6.07) is 16.5. The predicted octanol–water partition coefficient (Wildman–Crippen LogP) is 3.41. The lowest BCUT2D eigenvalue weighted by Crippen LogP contribution is -2.30. The lowest BCUT2D eigenvalue weighted by atomic mass is 10.2. The van der Waals surface area contributed by atoms with E-state index in [-0.39, 0.29) is 17.3 Å². The fourth-order valence-corrected chi connectivity index (χ4v) is 4.27. The van der Waals surface area contributed by atoms with Gasteiger partial charge >= 0.3 is 5.97 Å². The van der Waals surface area contributed by atoms with Crippen molar-refractivity contribution in [2.75, 3.05) is 23.9 Å². The van der Waals surface area contributed by atoms with E-state index >= 15 is 0 Å². The first-order valence-electron chi connectivity index (χ1n) is 10.4. The Bertz CT molecular complexity index is 1360. The van der Waals surface area contributed by atoms with Crippen molar-refractivity contribution in [3.05, 3.63) is 72.3 Å². The van der Waals surface area contributed by atoms with Gasteiger partial charge in [-0.25, -0.2) is 13.2 Å². The van der Waals surface area contributed by atoms with Gasteiger partial charge in [0.05, 0.1) is 17.6 Å². The summed E-state index contributed by atoms with van der Waals surface area (Å²) in [6.45, 7) is 1.51. The molecule has 3 aromatic carbocycles. The van der Waals surface area contributed by atoms with Gasteiger partial charge in [-0.1, -0.05) is 6.07 Å². The van der Waals surface area contributed by atoms with Gasteiger partial charge in [-0.15, -0.1) is 0 Å². The van der Waals surface area contributed by atoms with E-state index in [2.05, 4.69) is 10.0 Å². The SMILES string of the molecule is COc1ccc(NS(=O)(=O)c2cccc(C(=O)OC(C)C(=O)Nc3ccc4c(c3)OCO4)c2)cc1. The molecule has 1 aliphatic heterocycles. The molecule has 0 aromatic heterocycles. The minimum absolute atomic E-state index is 0.0228. The average molecular weight is 499 g/mol. The van der Waals surface area contributed by atoms with Crippen molar-refractivity contribution in [1.82, 2.24) is 0 Å². The van der Waals surface area contributed by atoms with Crippen molar-refractivity contribution in [3.8, 4) is 17.2 Å². The maximum Gasteiger partial charge on any atom is 0.338 e. The highest BCUT2D eigenvalue weighted by Crippen LogP contribution is 2.34. The van der Waals surface area contributed by atoms with Crippen LogP contribution in [0.4, 0.5) is 11.4 Å². The highest BCUT2D eigenvalue weighted by molar-refractivity contribution is 7.92. The molecule has 0 saturated heterocycles. The van der Waals surface area contributed by atoms with Gasteiger partial charge in [0.25, 0.3) is 15.9 Å². The molecule has 182 valence electrons. The first-order chi connectivity index (χ1) is 16.7. The highest BCUT2D eigenvalue weighted by Gasteiger charge is 2.22. The molecule has 35 heavy (non-hydrogen) atoms. The van der Waals surface area contributed by atoms with E-state index in [1.54, 1.807) is 42.5 Å². The number of methoxy groups -OCH3 is 1. The number of carbonyl (C=O) groups is 2. The maximum absolute atomic E-state index is 12.8. The molecule has 0 fully saturated rings. The van der Waals surface area contributed by atoms with Crippen LogP contribution in [0.2, 0.25) is 0 Å². The van der Waals surface area contributed by atoms with Crippen molar-refractivity contribution >= 4 is 33.3 Å². The van der Waals surface area contributed by atoms with E-state index in [4.69, 9.17) is 18.9 Å². The van der Waals surface area contributed by atoms with Crippen LogP contribution < -0.4 is 24.2 Å². The van der Waals surface area contributed by atoms with Gasteiger partial charge in [0.2, 0.25) is 6.79 Å². The Balaban J connectivity index is 1.40. The predicted molar refractivity (Wildman–Crippen MR) is 126 cm³/mol. The molecule has 0 saturated carbocycles. The standard InChI is InChI=1S/C24H22N2O8S/c1-15(23(27)25-18-8-11-21-22(13-18)33-14-32-21)34-24(28)16-4-3-5-20(12-16)35(29,30)26-17-6-9-19(31-2)10-7-17/h3-13,15,26H,14H2,1-2H3,(H,25,27). The van der Waals surface area contributed by atoms with E-state index in [0.29, 0.717) is 28.6 Å². The molecule has 1 amide bonds. The molecule has 3 aromatic rings. The van der Waals surface area contributed by atoms with Crippen LogP contribution in [-0.4, -0.2) is 40.3 Å². The van der Waals surface area contributed by atoms with Gasteiger partial charge in [-0.05, 0) is 61.5 Å². The molecule has 0 aliphatic carbocycles. The Morgan fingerprint density at radius 1 is 0.943 bits per heavy atom. The van der Waals surface area contributed by atoms with Gasteiger partial charge in [-0.2, -0.15) is 0 Å². The third-order valence-electron chi connectivity index (χ3n) is 5.02. The summed E-state index contributed by atoms with van der Waals surface area (Å²) in [4.78, 5) is 24.9. The number of rotatable bonds is 8. The Morgan fingerprint density at radius 3 is 2.40 bits per heavy atom. The molecule has 11 heteroatoms. The van der Waals surface area contributed by atoms with Gasteiger partial charge in [-0.3, -0.25) is 9.52 Å². The average Bonchev–Trinajstić information content (AvgIpc) is 3.32. The second-order valence-corrected chi connectivity index (χ2v) is 9.15. The molecule has 4 rings (SSSR count). The molecule has 2 N–H and O–H groups in total. The topological polar surface area (TPSA) is 129 Å². The van der Waals surface area contributed by atoms with Crippen molar-refractivity contribution in [2.24, 2.45) is 0 Å². The Hall–Kier alpha value is -4.25. The first kappa shape index (κ1) is 23.9. The number of benzene rings is 3. The van der Waals surface area contributed by atoms with Crippen LogP contribution >= 0.6 is 0 Å². The Kier molecular flexibility index (Phi) is 6.78. The van der Waals surface area contributed by atoms with Crippen LogP contribution in [0.25, 0.3) is 0 Å². The number of hydrogen-bond donors (Lipinski definition) is 2. The third kappa shape index (κ3) is 5.64. The van der Waals surface area contributed by atoms with Gasteiger partial charge in [0, 0.05) is 17.4 Å². The molecule has 0 spiro atoms. The number of hydrogen-bond acceptors (Lipinski definition) is 8. The van der Waals surface area contributed by atoms with E-state index in [0.717, 1.165) is 0 Å². The van der Waals surface area contributed by atoms with Crippen LogP contribution in [-0.2, 0) is 19.6 Å². The van der Waals surface area contributed by atoms with Crippen LogP contribution in [0.3, 0.4) is 0 Å². The smallest absolute Gasteiger partial charge is 0.338 e. The summed E-state index contributed by atoms with van der Waals surface area (Å²) in [5.74, 6) is 0.226. The van der Waals surface area contributed by atoms with Gasteiger partial charge in [0.15, 0.2) is 17.6 Å². The van der Waals surface area contributed by atoms with E-state index in [1.807, 2.05) is 0 Å². The molecule has 0 bridgehead atoms. The van der Waals surface area contributed by atoms with Crippen molar-refractivity contribution in [1.29, 1.82) is 0 Å². The van der Waals surface area contributed by atoms with E-state index < -0.39 is 28.0 Å². The number of ether oxygens (including phenoxy) is 4. The number of amides is 1. The molecule has 1 unspecified atom stereocenters. The molecule has 10 nitrogen and oxygen atoms in total. The molecular formula is C24H22N2O8S. The molecule has 1 aliphatic rings. The van der Waals surface area contributed by atoms with Crippen LogP contribution in [0, 0.1) is 0 Å². The quantitative estimate of drug-likeness (QED) is 0.452. The number of anilines is 2. The fraction of sp³-hybridized carbons (Fsp3) is 0.167. The highest BCUT2D eigenvalue weighted by atomic mass is 32.2. The second-order valence-electron chi connectivity index (χ2n) is 7.47. The van der Waals surface area contributed by atoms with Crippen LogP contribution in [0.5, 0.6) is 17.2 Å². The van der Waals surface area contributed by atoms with Crippen LogP contribution in [0.1, 0.15) is 17.3 Å². The summed E-state index contributed by atoms with van der Waals surface area (Å²) in [5, 5.41) is 2.63. The number of sulfonamides is 1. The summed E-state index contributed by atoms with van der Waals surface area (Å²) in [7, 11) is -2.47. The number of esters is 1.